The predicted octanol–water partition coefficient (Wildman–Crippen LogP) is 3.33. The van der Waals surface area contributed by atoms with Crippen LogP contribution in [-0.4, -0.2) is 18.5 Å². The molecule has 2 aromatic rings. The first kappa shape index (κ1) is 12.6. The molecule has 21 heavy (non-hydrogen) atoms. The van der Waals surface area contributed by atoms with Gasteiger partial charge in [0.05, 0.1) is 7.11 Å². The minimum Gasteiger partial charge on any atom is -0.497 e. The van der Waals surface area contributed by atoms with Crippen molar-refractivity contribution in [2.24, 2.45) is 0 Å². The van der Waals surface area contributed by atoms with Gasteiger partial charge in [0.15, 0.2) is 11.4 Å². The number of carbonyl (C=O) groups excluding carboxylic acids is 1. The van der Waals surface area contributed by atoms with Crippen LogP contribution in [0.1, 0.15) is 34.0 Å². The van der Waals surface area contributed by atoms with Gasteiger partial charge in [-0.05, 0) is 36.1 Å². The van der Waals surface area contributed by atoms with E-state index in [-0.39, 0.29) is 11.9 Å². The van der Waals surface area contributed by atoms with Crippen LogP contribution in [0.3, 0.4) is 0 Å². The summed E-state index contributed by atoms with van der Waals surface area (Å²) >= 11 is 0. The van der Waals surface area contributed by atoms with E-state index in [1.165, 1.54) is 0 Å². The standard InChI is InChI=1S/C18H16O3/c1-20-14-8-6-13(7-9-14)17-18(21-17)11-10-12-4-2-3-5-15(12)16(18)19/h2-9,17H,10-11H2,1H3/t17-,18-/m0/s1. The summed E-state index contributed by atoms with van der Waals surface area (Å²) in [6, 6.07) is 15.6. The number of rotatable bonds is 2. The zero-order valence-corrected chi connectivity index (χ0v) is 11.8. The van der Waals surface area contributed by atoms with Crippen molar-refractivity contribution in [2.45, 2.75) is 24.5 Å². The molecule has 2 aliphatic rings. The number of fused-ring (bicyclic) bond motifs is 1. The number of methoxy groups -OCH3 is 1. The van der Waals surface area contributed by atoms with Gasteiger partial charge in [-0.1, -0.05) is 36.4 Å². The van der Waals surface area contributed by atoms with Crippen LogP contribution in [0.2, 0.25) is 0 Å². The van der Waals surface area contributed by atoms with Gasteiger partial charge in [0, 0.05) is 5.56 Å². The number of carbonyl (C=O) groups is 1. The van der Waals surface area contributed by atoms with E-state index < -0.39 is 5.60 Å². The normalized spacial score (nSPS) is 26.5. The van der Waals surface area contributed by atoms with Crippen molar-refractivity contribution in [3.63, 3.8) is 0 Å². The first-order valence-corrected chi connectivity index (χ1v) is 7.19. The summed E-state index contributed by atoms with van der Waals surface area (Å²) in [4.78, 5) is 12.8. The minimum atomic E-state index is -0.636. The smallest absolute Gasteiger partial charge is 0.198 e. The van der Waals surface area contributed by atoms with Gasteiger partial charge in [0.2, 0.25) is 0 Å². The Bertz CT molecular complexity index is 705. The summed E-state index contributed by atoms with van der Waals surface area (Å²) in [6.45, 7) is 0. The summed E-state index contributed by atoms with van der Waals surface area (Å²) in [5.74, 6) is 0.943. The second kappa shape index (κ2) is 4.43. The molecule has 1 fully saturated rings. The number of Topliss-reactive ketones (excluding diaryl/α,β-unsaturated/α-hetero) is 1. The number of hydrogen-bond acceptors (Lipinski definition) is 3. The van der Waals surface area contributed by atoms with Gasteiger partial charge in [-0.25, -0.2) is 0 Å². The molecule has 0 N–H and O–H groups in total. The van der Waals surface area contributed by atoms with Gasteiger partial charge in [0.25, 0.3) is 0 Å². The molecular formula is C18H16O3. The lowest BCUT2D eigenvalue weighted by Crippen LogP contribution is -2.31. The Kier molecular flexibility index (Phi) is 2.66. The van der Waals surface area contributed by atoms with Crippen molar-refractivity contribution in [2.75, 3.05) is 7.11 Å². The molecule has 1 spiro atoms. The second-order valence-corrected chi connectivity index (χ2v) is 5.65. The van der Waals surface area contributed by atoms with Crippen molar-refractivity contribution in [1.82, 2.24) is 0 Å². The third kappa shape index (κ3) is 1.81. The lowest BCUT2D eigenvalue weighted by Gasteiger charge is -2.20. The highest BCUT2D eigenvalue weighted by Gasteiger charge is 2.63. The highest BCUT2D eigenvalue weighted by molar-refractivity contribution is 6.07. The highest BCUT2D eigenvalue weighted by atomic mass is 16.6. The van der Waals surface area contributed by atoms with Crippen molar-refractivity contribution < 1.29 is 14.3 Å². The fraction of sp³-hybridized carbons (Fsp3) is 0.278. The summed E-state index contributed by atoms with van der Waals surface area (Å²) in [6.07, 6.45) is 1.54. The van der Waals surface area contributed by atoms with Crippen LogP contribution < -0.4 is 4.74 Å². The van der Waals surface area contributed by atoms with E-state index in [1.807, 2.05) is 48.5 Å². The number of hydrogen-bond donors (Lipinski definition) is 0. The highest BCUT2D eigenvalue weighted by Crippen LogP contribution is 2.56. The molecule has 1 heterocycles. The average molecular weight is 280 g/mol. The van der Waals surface area contributed by atoms with Crippen LogP contribution in [0.4, 0.5) is 0 Å². The van der Waals surface area contributed by atoms with E-state index >= 15 is 0 Å². The second-order valence-electron chi connectivity index (χ2n) is 5.65. The molecule has 0 saturated carbocycles. The fourth-order valence-electron chi connectivity index (χ4n) is 3.28. The molecule has 1 saturated heterocycles. The number of benzene rings is 2. The van der Waals surface area contributed by atoms with Crippen LogP contribution in [0.15, 0.2) is 48.5 Å². The first-order chi connectivity index (χ1) is 10.2. The summed E-state index contributed by atoms with van der Waals surface area (Å²) in [5.41, 5.74) is 2.36. The maximum Gasteiger partial charge on any atom is 0.198 e. The molecule has 2 atom stereocenters. The Morgan fingerprint density at radius 1 is 1.14 bits per heavy atom. The van der Waals surface area contributed by atoms with E-state index in [2.05, 4.69) is 0 Å². The zero-order chi connectivity index (χ0) is 14.4. The Balaban J connectivity index is 1.64. The lowest BCUT2D eigenvalue weighted by molar-refractivity contribution is 0.0850. The van der Waals surface area contributed by atoms with E-state index in [1.54, 1.807) is 7.11 Å². The number of epoxide rings is 1. The van der Waals surface area contributed by atoms with E-state index in [4.69, 9.17) is 9.47 Å². The number of aryl methyl sites for hydroxylation is 1. The fourth-order valence-corrected chi connectivity index (χ4v) is 3.28. The molecule has 4 rings (SSSR count). The average Bonchev–Trinajstić information content (AvgIpc) is 3.27. The summed E-state index contributed by atoms with van der Waals surface area (Å²) in [7, 11) is 1.64. The van der Waals surface area contributed by atoms with Crippen LogP contribution in [-0.2, 0) is 11.2 Å². The van der Waals surface area contributed by atoms with Crippen LogP contribution in [0.5, 0.6) is 5.75 Å². The van der Waals surface area contributed by atoms with Gasteiger partial charge in [-0.3, -0.25) is 4.79 Å². The SMILES string of the molecule is COc1ccc([C@@H]2O[C@]23CCc2ccccc2C3=O)cc1. The van der Waals surface area contributed by atoms with Crippen molar-refractivity contribution in [1.29, 1.82) is 0 Å². The maximum absolute atomic E-state index is 12.8. The Morgan fingerprint density at radius 2 is 1.90 bits per heavy atom. The molecule has 0 amide bonds. The minimum absolute atomic E-state index is 0.121. The zero-order valence-electron chi connectivity index (χ0n) is 11.8. The third-order valence-electron chi connectivity index (χ3n) is 4.53. The molecule has 106 valence electrons. The quantitative estimate of drug-likeness (QED) is 0.792. The molecule has 0 bridgehead atoms. The molecule has 1 aliphatic carbocycles. The molecule has 1 aliphatic heterocycles. The predicted molar refractivity (Wildman–Crippen MR) is 78.6 cm³/mol. The van der Waals surface area contributed by atoms with Crippen molar-refractivity contribution in [3.05, 3.63) is 65.2 Å². The van der Waals surface area contributed by atoms with Crippen LogP contribution >= 0.6 is 0 Å². The van der Waals surface area contributed by atoms with Crippen molar-refractivity contribution in [3.8, 4) is 5.75 Å². The van der Waals surface area contributed by atoms with E-state index in [0.29, 0.717) is 0 Å². The van der Waals surface area contributed by atoms with Gasteiger partial charge in [-0.15, -0.1) is 0 Å². The molecule has 0 unspecified atom stereocenters. The largest absolute Gasteiger partial charge is 0.497 e. The molecule has 0 radical (unpaired) electrons. The Morgan fingerprint density at radius 3 is 2.67 bits per heavy atom. The monoisotopic (exact) mass is 280 g/mol. The van der Waals surface area contributed by atoms with E-state index in [9.17, 15) is 4.79 Å². The molecule has 0 aromatic heterocycles. The molecule has 3 nitrogen and oxygen atoms in total. The molecular weight excluding hydrogens is 264 g/mol. The number of ketones is 1. The van der Waals surface area contributed by atoms with E-state index in [0.717, 1.165) is 35.3 Å². The van der Waals surface area contributed by atoms with Gasteiger partial charge >= 0.3 is 0 Å². The first-order valence-electron chi connectivity index (χ1n) is 7.19. The van der Waals surface area contributed by atoms with Gasteiger partial charge in [-0.2, -0.15) is 0 Å². The number of ether oxygens (including phenoxy) is 2. The Hall–Kier alpha value is -2.13. The molecule has 3 heteroatoms. The summed E-state index contributed by atoms with van der Waals surface area (Å²) in [5, 5.41) is 0. The summed E-state index contributed by atoms with van der Waals surface area (Å²) < 4.78 is 11.0. The topological polar surface area (TPSA) is 38.8 Å². The molecule has 2 aromatic carbocycles. The van der Waals surface area contributed by atoms with Crippen LogP contribution in [0, 0.1) is 0 Å². The van der Waals surface area contributed by atoms with Crippen LogP contribution in [0.25, 0.3) is 0 Å². The van der Waals surface area contributed by atoms with Gasteiger partial charge in [0.1, 0.15) is 11.9 Å². The third-order valence-corrected chi connectivity index (χ3v) is 4.53. The Labute approximate surface area is 123 Å². The van der Waals surface area contributed by atoms with Crippen molar-refractivity contribution >= 4 is 5.78 Å². The van der Waals surface area contributed by atoms with Gasteiger partial charge < -0.3 is 9.47 Å². The lowest BCUT2D eigenvalue weighted by atomic mass is 9.79. The maximum atomic E-state index is 12.8.